The van der Waals surface area contributed by atoms with Gasteiger partial charge in [-0.2, -0.15) is 0 Å². The minimum absolute atomic E-state index is 0.205. The van der Waals surface area contributed by atoms with Gasteiger partial charge in [0.15, 0.2) is 0 Å². The maximum Gasteiger partial charge on any atom is 0.118 e. The number of hydrogen-bond donors (Lipinski definition) is 2. The van der Waals surface area contributed by atoms with E-state index in [2.05, 4.69) is 322 Å². The molecule has 8 bridgehead atoms. The molecule has 13 rings (SSSR count). The second kappa shape index (κ2) is 22.3. The largest absolute Gasteiger partial charge is 0.354 e. The molecule has 0 unspecified atom stereocenters. The molecule has 0 atom stereocenters. The molecule has 2 N–H and O–H groups in total. The first kappa shape index (κ1) is 65.8. The van der Waals surface area contributed by atoms with Crippen LogP contribution in [0.5, 0.6) is 0 Å². The van der Waals surface area contributed by atoms with Gasteiger partial charge in [-0.3, -0.25) is 0 Å². The van der Waals surface area contributed by atoms with Gasteiger partial charge in [0.05, 0.1) is 22.1 Å². The summed E-state index contributed by atoms with van der Waals surface area (Å²) in [5, 5.41) is 0. The van der Waals surface area contributed by atoms with Crippen molar-refractivity contribution in [1.82, 2.24) is 39.9 Å². The average Bonchev–Trinajstić information content (AvgIpc) is 1.56. The van der Waals surface area contributed by atoms with Gasteiger partial charge in [-0.25, -0.2) is 29.9 Å². The lowest BCUT2D eigenvalue weighted by molar-refractivity contribution is 0.568. The van der Waals surface area contributed by atoms with E-state index in [1.165, 1.54) is 44.5 Å². The number of benzene rings is 6. The Kier molecular flexibility index (Phi) is 15.3. The summed E-state index contributed by atoms with van der Waals surface area (Å²) < 4.78 is 0. The maximum absolute atomic E-state index is 6.20. The summed E-state index contributed by atoms with van der Waals surface area (Å²) in [6.07, 6.45) is 0. The number of nitrogens with zero attached hydrogens (tertiary/aromatic N) is 6. The molecular formula is C88H98N8. The Labute approximate surface area is 570 Å². The normalized spacial score (nSPS) is 13.4. The Morgan fingerprint density at radius 3 is 0.521 bits per heavy atom. The molecule has 2 aliphatic heterocycles. The second-order valence-corrected chi connectivity index (χ2v) is 35.7. The molecule has 0 fully saturated rings. The van der Waals surface area contributed by atoms with Crippen LogP contribution in [0.15, 0.2) is 146 Å². The number of nitrogens with one attached hydrogen (secondary N) is 2. The molecule has 7 heterocycles. The van der Waals surface area contributed by atoms with E-state index in [0.717, 1.165) is 134 Å². The van der Waals surface area contributed by atoms with E-state index < -0.39 is 0 Å². The highest BCUT2D eigenvalue weighted by Crippen LogP contribution is 2.52. The molecule has 96 heavy (non-hydrogen) atoms. The Hall–Kier alpha value is -8.88. The second-order valence-electron chi connectivity index (χ2n) is 35.7. The van der Waals surface area contributed by atoms with Crippen LogP contribution in [0.25, 0.3) is 134 Å². The maximum atomic E-state index is 6.20. The highest BCUT2D eigenvalue weighted by Gasteiger charge is 2.35. The third kappa shape index (κ3) is 12.1. The zero-order valence-electron chi connectivity index (χ0n) is 61.5. The lowest BCUT2D eigenvalue weighted by Gasteiger charge is -2.26. The van der Waals surface area contributed by atoms with Gasteiger partial charge in [0, 0.05) is 44.3 Å². The summed E-state index contributed by atoms with van der Waals surface area (Å²) >= 11 is 0. The third-order valence-corrected chi connectivity index (χ3v) is 19.7. The first-order chi connectivity index (χ1) is 44.6. The number of para-hydroxylation sites is 4. The summed E-state index contributed by atoms with van der Waals surface area (Å²) in [7, 11) is 0. The van der Waals surface area contributed by atoms with Crippen LogP contribution >= 0.6 is 0 Å². The van der Waals surface area contributed by atoms with E-state index in [1.807, 2.05) is 0 Å². The molecule has 5 aromatic heterocycles. The van der Waals surface area contributed by atoms with Gasteiger partial charge in [-0.1, -0.05) is 263 Å². The van der Waals surface area contributed by atoms with Gasteiger partial charge in [0.25, 0.3) is 0 Å². The number of fused-ring (bicyclic) bond motifs is 16. The molecule has 0 amide bonds. The average molecular weight is 1270 g/mol. The van der Waals surface area contributed by atoms with Gasteiger partial charge < -0.3 is 9.97 Å². The van der Waals surface area contributed by atoms with Gasteiger partial charge in [0.2, 0.25) is 0 Å². The SMILES string of the molecule is CC(C)(C)c1cc(-c2c3nc(c(-c4cc(C(C)(C)C)cc(C(C)(C)C)c4)c4ccc([nH]4)c(-c4cc(C(C)(C)C)cc(C(C)(C)C)c4)c4nc(c(-c5cc(C(C)(C)C)cc(C(C)(C)C)c5)c5ccc2[nH]5)-c2nc5ccccc5nc2-4)-c2nc4ccccc4nc2-3)cc(C(C)(C)C)c1. The molecule has 0 saturated carbocycles. The number of aromatic nitrogens is 8. The summed E-state index contributed by atoms with van der Waals surface area (Å²) in [6.45, 7) is 55.5. The topological polar surface area (TPSA) is 109 Å². The van der Waals surface area contributed by atoms with Gasteiger partial charge in [-0.05, 0) is 159 Å². The lowest BCUT2D eigenvalue weighted by atomic mass is 9.78. The molecule has 0 radical (unpaired) electrons. The van der Waals surface area contributed by atoms with E-state index in [1.54, 1.807) is 0 Å². The van der Waals surface area contributed by atoms with Crippen molar-refractivity contribution in [3.8, 4) is 90.1 Å². The van der Waals surface area contributed by atoms with Crippen molar-refractivity contribution in [2.45, 2.75) is 209 Å². The van der Waals surface area contributed by atoms with Gasteiger partial charge in [0.1, 0.15) is 45.6 Å². The zero-order chi connectivity index (χ0) is 69.1. The van der Waals surface area contributed by atoms with E-state index in [9.17, 15) is 0 Å². The molecule has 490 valence electrons. The smallest absolute Gasteiger partial charge is 0.118 e. The molecular weight excluding hydrogens is 1170 g/mol. The van der Waals surface area contributed by atoms with Crippen molar-refractivity contribution < 1.29 is 0 Å². The Balaban J connectivity index is 1.37. The minimum Gasteiger partial charge on any atom is -0.354 e. The number of H-pyrrole nitrogens is 2. The molecule has 0 aliphatic carbocycles. The van der Waals surface area contributed by atoms with Crippen molar-refractivity contribution in [2.75, 3.05) is 0 Å². The molecule has 0 saturated heterocycles. The first-order valence-corrected chi connectivity index (χ1v) is 34.6. The van der Waals surface area contributed by atoms with Crippen LogP contribution in [0.3, 0.4) is 0 Å². The predicted molar refractivity (Wildman–Crippen MR) is 407 cm³/mol. The number of rotatable bonds is 4. The molecule has 6 aromatic carbocycles. The number of hydrogen-bond acceptors (Lipinski definition) is 6. The Morgan fingerprint density at radius 2 is 0.365 bits per heavy atom. The van der Waals surface area contributed by atoms with Gasteiger partial charge in [-0.15, -0.1) is 0 Å². The van der Waals surface area contributed by atoms with E-state index in [0.29, 0.717) is 0 Å². The fraction of sp³-hybridized carbons (Fsp3) is 0.364. The number of aromatic amines is 2. The fourth-order valence-electron chi connectivity index (χ4n) is 13.4. The van der Waals surface area contributed by atoms with Crippen LogP contribution in [0.1, 0.15) is 211 Å². The lowest BCUT2D eigenvalue weighted by Crippen LogP contribution is -2.16. The summed E-state index contributed by atoms with van der Waals surface area (Å²) in [4.78, 5) is 43.9. The summed E-state index contributed by atoms with van der Waals surface area (Å²) in [5.41, 5.74) is 28.5. The molecule has 11 aromatic rings. The highest BCUT2D eigenvalue weighted by atomic mass is 15.0. The standard InChI is InChI=1S/C88H98N8/c1-81(2,3)53-37-49(38-54(45-53)82(4,5)6)69-65-33-34-66(89-65)70(50-39-55(83(7,8)9)46-56(40-50)84(10,11)12)75-79-80(94-64-32-28-27-31-63(64)93-79)76(96-75)72(52-43-59(87(19,20)21)48-60(44-52)88(22,23)24)68-36-35-67(90-68)71(51-41-57(85(13,14)15)47-58(42-51)86(16,17)18)74-78-77(73(69)95-74)91-61-29-25-26-30-62(61)92-78/h25-48,89-90H,1-24H3. The Morgan fingerprint density at radius 1 is 0.198 bits per heavy atom. The van der Waals surface area contributed by atoms with E-state index in [4.69, 9.17) is 29.9 Å². The molecule has 2 aliphatic rings. The third-order valence-electron chi connectivity index (χ3n) is 19.7. The predicted octanol–water partition coefficient (Wildman–Crippen LogP) is 23.9. The fourth-order valence-corrected chi connectivity index (χ4v) is 13.4. The highest BCUT2D eigenvalue weighted by molar-refractivity contribution is 6.07. The van der Waals surface area contributed by atoms with Crippen LogP contribution in [0.2, 0.25) is 0 Å². The van der Waals surface area contributed by atoms with Crippen molar-refractivity contribution in [1.29, 1.82) is 0 Å². The summed E-state index contributed by atoms with van der Waals surface area (Å²) in [6, 6.07) is 54.4. The Bertz CT molecular complexity index is 4410. The van der Waals surface area contributed by atoms with Crippen LogP contribution in [0, 0.1) is 0 Å². The molecule has 8 nitrogen and oxygen atoms in total. The van der Waals surface area contributed by atoms with Gasteiger partial charge >= 0.3 is 0 Å². The van der Waals surface area contributed by atoms with Crippen LogP contribution in [-0.2, 0) is 43.3 Å². The van der Waals surface area contributed by atoms with E-state index in [-0.39, 0.29) is 43.3 Å². The minimum atomic E-state index is -0.205. The monoisotopic (exact) mass is 1270 g/mol. The first-order valence-electron chi connectivity index (χ1n) is 34.6. The summed E-state index contributed by atoms with van der Waals surface area (Å²) in [5.74, 6) is 0. The van der Waals surface area contributed by atoms with Crippen molar-refractivity contribution in [2.24, 2.45) is 0 Å². The molecule has 0 spiro atoms. The quantitative estimate of drug-likeness (QED) is 0.182. The van der Waals surface area contributed by atoms with Crippen molar-refractivity contribution in [3.05, 3.63) is 190 Å². The van der Waals surface area contributed by atoms with E-state index >= 15 is 0 Å². The van der Waals surface area contributed by atoms with Crippen LogP contribution < -0.4 is 0 Å². The molecule has 8 heteroatoms. The zero-order valence-corrected chi connectivity index (χ0v) is 61.5. The van der Waals surface area contributed by atoms with Crippen LogP contribution in [-0.4, -0.2) is 39.9 Å². The van der Waals surface area contributed by atoms with Crippen LogP contribution in [0.4, 0.5) is 0 Å². The van der Waals surface area contributed by atoms with Crippen molar-refractivity contribution >= 4 is 44.1 Å². The van der Waals surface area contributed by atoms with Crippen molar-refractivity contribution in [3.63, 3.8) is 0 Å².